The standard InChI is InChI=1S/C19H24N2/c1-2-5-15-9-11-18(12-10-15)21-14-17-7-3-6-16-8-4-13-20-19(16)17/h3,6-7,9-12,20-21H,2,4-5,8,13-14H2,1H3. The van der Waals surface area contributed by atoms with Gasteiger partial charge in [0.05, 0.1) is 0 Å². The molecule has 2 nitrogen and oxygen atoms in total. The molecule has 0 aliphatic carbocycles. The Morgan fingerprint density at radius 3 is 2.76 bits per heavy atom. The Labute approximate surface area is 127 Å². The summed E-state index contributed by atoms with van der Waals surface area (Å²) >= 11 is 0. The lowest BCUT2D eigenvalue weighted by molar-refractivity contribution is 0.825. The van der Waals surface area contributed by atoms with E-state index in [1.165, 1.54) is 47.3 Å². The van der Waals surface area contributed by atoms with E-state index in [1.807, 2.05) is 0 Å². The van der Waals surface area contributed by atoms with Crippen LogP contribution in [-0.2, 0) is 19.4 Å². The maximum absolute atomic E-state index is 3.55. The Morgan fingerprint density at radius 2 is 1.95 bits per heavy atom. The molecule has 0 spiro atoms. The molecule has 0 aromatic heterocycles. The van der Waals surface area contributed by atoms with Crippen molar-refractivity contribution >= 4 is 11.4 Å². The van der Waals surface area contributed by atoms with Crippen molar-refractivity contribution in [3.05, 3.63) is 59.2 Å². The van der Waals surface area contributed by atoms with Crippen LogP contribution in [0.1, 0.15) is 36.5 Å². The van der Waals surface area contributed by atoms with Gasteiger partial charge in [0, 0.05) is 24.5 Å². The second-order valence-electron chi connectivity index (χ2n) is 5.78. The molecule has 0 saturated carbocycles. The minimum atomic E-state index is 0.878. The predicted molar refractivity (Wildman–Crippen MR) is 91.0 cm³/mol. The molecule has 3 rings (SSSR count). The third kappa shape index (κ3) is 3.38. The zero-order valence-electron chi connectivity index (χ0n) is 12.8. The zero-order chi connectivity index (χ0) is 14.5. The molecule has 2 aromatic rings. The van der Waals surface area contributed by atoms with E-state index in [2.05, 4.69) is 60.0 Å². The summed E-state index contributed by atoms with van der Waals surface area (Å²) < 4.78 is 0. The average molecular weight is 280 g/mol. The van der Waals surface area contributed by atoms with Gasteiger partial charge in [-0.2, -0.15) is 0 Å². The summed E-state index contributed by atoms with van der Waals surface area (Å²) in [4.78, 5) is 0. The predicted octanol–water partition coefficient (Wildman–Crippen LogP) is 4.61. The zero-order valence-corrected chi connectivity index (χ0v) is 12.8. The topological polar surface area (TPSA) is 24.1 Å². The minimum absolute atomic E-state index is 0.878. The molecule has 1 aliphatic heterocycles. The molecule has 1 aliphatic rings. The van der Waals surface area contributed by atoms with Crippen LogP contribution >= 0.6 is 0 Å². The van der Waals surface area contributed by atoms with Crippen LogP contribution in [0.25, 0.3) is 0 Å². The molecule has 0 radical (unpaired) electrons. The number of hydrogen-bond acceptors (Lipinski definition) is 2. The highest BCUT2D eigenvalue weighted by Crippen LogP contribution is 2.26. The first-order valence-electron chi connectivity index (χ1n) is 8.04. The van der Waals surface area contributed by atoms with E-state index in [9.17, 15) is 0 Å². The summed E-state index contributed by atoms with van der Waals surface area (Å²) in [7, 11) is 0. The normalized spacial score (nSPS) is 13.4. The molecule has 0 fully saturated rings. The van der Waals surface area contributed by atoms with E-state index in [0.29, 0.717) is 0 Å². The molecular formula is C19H24N2. The quantitative estimate of drug-likeness (QED) is 0.835. The van der Waals surface area contributed by atoms with E-state index in [-0.39, 0.29) is 0 Å². The number of nitrogens with one attached hydrogen (secondary N) is 2. The largest absolute Gasteiger partial charge is 0.385 e. The van der Waals surface area contributed by atoms with Gasteiger partial charge < -0.3 is 10.6 Å². The van der Waals surface area contributed by atoms with Crippen LogP contribution in [0, 0.1) is 0 Å². The van der Waals surface area contributed by atoms with Gasteiger partial charge >= 0.3 is 0 Å². The molecule has 0 bridgehead atoms. The third-order valence-electron chi connectivity index (χ3n) is 4.14. The van der Waals surface area contributed by atoms with Gasteiger partial charge in [-0.25, -0.2) is 0 Å². The monoisotopic (exact) mass is 280 g/mol. The molecule has 21 heavy (non-hydrogen) atoms. The first kappa shape index (κ1) is 14.0. The second-order valence-corrected chi connectivity index (χ2v) is 5.78. The van der Waals surface area contributed by atoms with E-state index in [4.69, 9.17) is 0 Å². The molecule has 2 aromatic carbocycles. The molecule has 0 atom stereocenters. The Kier molecular flexibility index (Phi) is 4.44. The Bertz CT molecular complexity index is 587. The van der Waals surface area contributed by atoms with Crippen LogP contribution in [0.5, 0.6) is 0 Å². The maximum atomic E-state index is 3.55. The number of hydrogen-bond donors (Lipinski definition) is 2. The number of rotatable bonds is 5. The lowest BCUT2D eigenvalue weighted by Crippen LogP contribution is -2.14. The molecule has 0 unspecified atom stereocenters. The van der Waals surface area contributed by atoms with Gasteiger partial charge in [-0.15, -0.1) is 0 Å². The second kappa shape index (κ2) is 6.66. The van der Waals surface area contributed by atoms with Crippen molar-refractivity contribution in [1.29, 1.82) is 0 Å². The molecule has 2 N–H and O–H groups in total. The Morgan fingerprint density at radius 1 is 1.10 bits per heavy atom. The number of benzene rings is 2. The van der Waals surface area contributed by atoms with E-state index in [1.54, 1.807) is 0 Å². The van der Waals surface area contributed by atoms with Crippen LogP contribution in [-0.4, -0.2) is 6.54 Å². The van der Waals surface area contributed by atoms with Gasteiger partial charge in [-0.05, 0) is 48.1 Å². The number of anilines is 2. The summed E-state index contributed by atoms with van der Waals surface area (Å²) in [5, 5.41) is 7.09. The lowest BCUT2D eigenvalue weighted by atomic mass is 9.99. The van der Waals surface area contributed by atoms with Crippen molar-refractivity contribution in [2.75, 3.05) is 17.2 Å². The fourth-order valence-electron chi connectivity index (χ4n) is 3.00. The molecule has 0 saturated heterocycles. The van der Waals surface area contributed by atoms with Crippen LogP contribution < -0.4 is 10.6 Å². The first-order valence-corrected chi connectivity index (χ1v) is 8.04. The third-order valence-corrected chi connectivity index (χ3v) is 4.14. The number of para-hydroxylation sites is 1. The summed E-state index contributed by atoms with van der Waals surface area (Å²) in [5.41, 5.74) is 6.78. The highest BCUT2D eigenvalue weighted by molar-refractivity contribution is 5.60. The van der Waals surface area contributed by atoms with E-state index < -0.39 is 0 Å². The van der Waals surface area contributed by atoms with Crippen molar-refractivity contribution in [2.24, 2.45) is 0 Å². The van der Waals surface area contributed by atoms with Crippen molar-refractivity contribution in [3.63, 3.8) is 0 Å². The van der Waals surface area contributed by atoms with Crippen molar-refractivity contribution in [3.8, 4) is 0 Å². The van der Waals surface area contributed by atoms with Gasteiger partial charge in [-0.3, -0.25) is 0 Å². The smallest absolute Gasteiger partial charge is 0.0423 e. The molecule has 110 valence electrons. The summed E-state index contributed by atoms with van der Waals surface area (Å²) in [6.45, 7) is 4.19. The highest BCUT2D eigenvalue weighted by atomic mass is 14.9. The first-order chi connectivity index (χ1) is 10.4. The lowest BCUT2D eigenvalue weighted by Gasteiger charge is -2.21. The number of fused-ring (bicyclic) bond motifs is 1. The summed E-state index contributed by atoms with van der Waals surface area (Å²) in [6.07, 6.45) is 4.80. The van der Waals surface area contributed by atoms with Gasteiger partial charge in [0.15, 0.2) is 0 Å². The maximum Gasteiger partial charge on any atom is 0.0423 e. The van der Waals surface area contributed by atoms with Crippen molar-refractivity contribution in [1.82, 2.24) is 0 Å². The van der Waals surface area contributed by atoms with Crippen molar-refractivity contribution in [2.45, 2.75) is 39.2 Å². The molecule has 0 amide bonds. The average Bonchev–Trinajstić information content (AvgIpc) is 2.54. The van der Waals surface area contributed by atoms with Crippen LogP contribution in [0.2, 0.25) is 0 Å². The SMILES string of the molecule is CCCc1ccc(NCc2cccc3c2NCCC3)cc1. The van der Waals surface area contributed by atoms with E-state index >= 15 is 0 Å². The van der Waals surface area contributed by atoms with Crippen LogP contribution in [0.3, 0.4) is 0 Å². The van der Waals surface area contributed by atoms with Gasteiger partial charge in [0.25, 0.3) is 0 Å². The Hall–Kier alpha value is -1.96. The van der Waals surface area contributed by atoms with Crippen LogP contribution in [0.4, 0.5) is 11.4 Å². The van der Waals surface area contributed by atoms with Gasteiger partial charge in [0.2, 0.25) is 0 Å². The van der Waals surface area contributed by atoms with Gasteiger partial charge in [0.1, 0.15) is 0 Å². The van der Waals surface area contributed by atoms with Crippen LogP contribution in [0.15, 0.2) is 42.5 Å². The summed E-state index contributed by atoms with van der Waals surface area (Å²) in [6, 6.07) is 15.5. The highest BCUT2D eigenvalue weighted by Gasteiger charge is 2.11. The van der Waals surface area contributed by atoms with Crippen molar-refractivity contribution < 1.29 is 0 Å². The summed E-state index contributed by atoms with van der Waals surface area (Å²) in [5.74, 6) is 0. The van der Waals surface area contributed by atoms with Gasteiger partial charge in [-0.1, -0.05) is 43.7 Å². The molecule has 2 heteroatoms. The fourth-order valence-corrected chi connectivity index (χ4v) is 3.00. The minimum Gasteiger partial charge on any atom is -0.385 e. The molecule has 1 heterocycles. The molecular weight excluding hydrogens is 256 g/mol. The fraction of sp³-hybridized carbons (Fsp3) is 0.368. The Balaban J connectivity index is 1.67. The number of aryl methyl sites for hydroxylation is 2. The van der Waals surface area contributed by atoms with E-state index in [0.717, 1.165) is 19.5 Å².